The summed E-state index contributed by atoms with van der Waals surface area (Å²) in [5, 5.41) is 13.2. The first-order valence-electron chi connectivity index (χ1n) is 7.45. The normalized spacial score (nSPS) is 26.2. The van der Waals surface area contributed by atoms with Crippen LogP contribution in [-0.2, 0) is 11.2 Å². The van der Waals surface area contributed by atoms with Gasteiger partial charge in [0.15, 0.2) is 4.34 Å². The summed E-state index contributed by atoms with van der Waals surface area (Å²) in [5.41, 5.74) is -0.789. The van der Waals surface area contributed by atoms with E-state index in [1.165, 1.54) is 11.5 Å². The Morgan fingerprint density at radius 1 is 1.62 bits per heavy atom. The Hall–Kier alpha value is -0.660. The molecule has 2 rings (SSSR count). The van der Waals surface area contributed by atoms with Crippen LogP contribution in [0.2, 0.25) is 0 Å². The van der Waals surface area contributed by atoms with Gasteiger partial charge in [-0.15, -0.1) is 0 Å². The van der Waals surface area contributed by atoms with Gasteiger partial charge in [-0.25, -0.2) is 4.98 Å². The molecule has 1 aliphatic rings. The Bertz CT molecular complexity index is 492. The second-order valence-electron chi connectivity index (χ2n) is 5.85. The fourth-order valence-corrected chi connectivity index (χ4v) is 5.12. The third-order valence-electron chi connectivity index (χ3n) is 3.71. The highest BCUT2D eigenvalue weighted by atomic mass is 32.2. The van der Waals surface area contributed by atoms with Gasteiger partial charge in [-0.1, -0.05) is 18.7 Å². The highest BCUT2D eigenvalue weighted by Gasteiger charge is 2.43. The molecule has 1 aromatic rings. The quantitative estimate of drug-likeness (QED) is 0.836. The number of aliphatic carboxylic acids is 1. The number of nitrogens with one attached hydrogen (secondary N) is 1. The van der Waals surface area contributed by atoms with Crippen LogP contribution < -0.4 is 5.32 Å². The van der Waals surface area contributed by atoms with Crippen molar-refractivity contribution in [2.45, 2.75) is 74.0 Å². The first-order valence-corrected chi connectivity index (χ1v) is 9.11. The second kappa shape index (κ2) is 7.07. The van der Waals surface area contributed by atoms with Gasteiger partial charge < -0.3 is 5.11 Å². The molecule has 0 bridgehead atoms. The van der Waals surface area contributed by atoms with Gasteiger partial charge in [0, 0.05) is 17.7 Å². The summed E-state index contributed by atoms with van der Waals surface area (Å²) in [7, 11) is 0. The summed E-state index contributed by atoms with van der Waals surface area (Å²) in [5.74, 6) is 0.149. The molecule has 2 N–H and O–H groups in total. The zero-order valence-corrected chi connectivity index (χ0v) is 14.4. The lowest BCUT2D eigenvalue weighted by Crippen LogP contribution is -2.57. The lowest BCUT2D eigenvalue weighted by Gasteiger charge is -2.39. The molecule has 1 aromatic heterocycles. The van der Waals surface area contributed by atoms with E-state index in [4.69, 9.17) is 0 Å². The molecule has 7 heteroatoms. The van der Waals surface area contributed by atoms with Crippen molar-refractivity contribution < 1.29 is 9.90 Å². The fraction of sp³-hybridized carbons (Fsp3) is 0.786. The average Bonchev–Trinajstić information content (AvgIpc) is 2.85. The minimum Gasteiger partial charge on any atom is -0.480 e. The maximum absolute atomic E-state index is 11.8. The minimum atomic E-state index is -0.789. The Labute approximate surface area is 134 Å². The summed E-state index contributed by atoms with van der Waals surface area (Å²) in [6.07, 6.45) is 4.17. The van der Waals surface area contributed by atoms with Gasteiger partial charge in [-0.2, -0.15) is 4.37 Å². The van der Waals surface area contributed by atoms with E-state index in [0.29, 0.717) is 18.1 Å². The van der Waals surface area contributed by atoms with Gasteiger partial charge in [-0.3, -0.25) is 10.1 Å². The van der Waals surface area contributed by atoms with Crippen molar-refractivity contribution in [2.75, 3.05) is 0 Å². The van der Waals surface area contributed by atoms with Gasteiger partial charge in [0.2, 0.25) is 0 Å². The molecular weight excluding hydrogens is 306 g/mol. The third-order valence-corrected chi connectivity index (χ3v) is 5.80. The van der Waals surface area contributed by atoms with Crippen LogP contribution in [0.4, 0.5) is 0 Å². The molecule has 1 aliphatic carbocycles. The molecule has 1 heterocycles. The van der Waals surface area contributed by atoms with E-state index in [9.17, 15) is 9.90 Å². The maximum atomic E-state index is 11.8. The smallest absolute Gasteiger partial charge is 0.323 e. The van der Waals surface area contributed by atoms with E-state index in [2.05, 4.69) is 14.7 Å². The van der Waals surface area contributed by atoms with E-state index in [-0.39, 0.29) is 6.04 Å². The lowest BCUT2D eigenvalue weighted by molar-refractivity contribution is -0.146. The number of thioether (sulfide) groups is 1. The number of aryl methyl sites for hydroxylation is 1. The monoisotopic (exact) mass is 329 g/mol. The van der Waals surface area contributed by atoms with Crippen LogP contribution in [0.3, 0.4) is 0 Å². The summed E-state index contributed by atoms with van der Waals surface area (Å²) in [6.45, 7) is 6.04. The van der Waals surface area contributed by atoms with Crippen molar-refractivity contribution in [3.63, 3.8) is 0 Å². The molecule has 0 saturated heterocycles. The molecule has 1 fully saturated rings. The van der Waals surface area contributed by atoms with Crippen molar-refractivity contribution >= 4 is 29.3 Å². The Balaban J connectivity index is 2.06. The van der Waals surface area contributed by atoms with E-state index in [1.807, 2.05) is 20.8 Å². The van der Waals surface area contributed by atoms with Crippen LogP contribution in [0, 0.1) is 0 Å². The molecule has 0 amide bonds. The molecule has 2 atom stereocenters. The number of rotatable bonds is 6. The van der Waals surface area contributed by atoms with E-state index < -0.39 is 11.5 Å². The first kappa shape index (κ1) is 16.7. The van der Waals surface area contributed by atoms with E-state index >= 15 is 0 Å². The van der Waals surface area contributed by atoms with Crippen LogP contribution in [-0.4, -0.2) is 37.3 Å². The zero-order chi connectivity index (χ0) is 15.5. The molecule has 118 valence electrons. The number of hydrogen-bond acceptors (Lipinski definition) is 6. The predicted octanol–water partition coefficient (Wildman–Crippen LogP) is 2.96. The molecular formula is C14H23N3O2S2. The number of hydrogen-bond donors (Lipinski definition) is 2. The van der Waals surface area contributed by atoms with Crippen LogP contribution in [0.1, 0.15) is 52.3 Å². The largest absolute Gasteiger partial charge is 0.480 e. The predicted molar refractivity (Wildman–Crippen MR) is 86.0 cm³/mol. The highest BCUT2D eigenvalue weighted by molar-refractivity contribution is 8.01. The molecule has 0 aliphatic heterocycles. The topological polar surface area (TPSA) is 75.1 Å². The number of carboxylic acid groups (broad SMARTS) is 1. The summed E-state index contributed by atoms with van der Waals surface area (Å²) >= 11 is 3.11. The number of nitrogens with zero attached hydrogens (tertiary/aromatic N) is 2. The standard InChI is InChI=1S/C14H23N3O2S2/c1-4-11-15-13(21-17-11)20-10-6-5-7-14(8-10,12(18)19)16-9(2)3/h9-10,16H,4-8H2,1-3H3,(H,18,19). The van der Waals surface area contributed by atoms with Crippen LogP contribution in [0.25, 0.3) is 0 Å². The Morgan fingerprint density at radius 3 is 2.95 bits per heavy atom. The third kappa shape index (κ3) is 4.17. The summed E-state index contributed by atoms with van der Waals surface area (Å²) < 4.78 is 5.26. The van der Waals surface area contributed by atoms with Crippen molar-refractivity contribution in [3.05, 3.63) is 5.82 Å². The van der Waals surface area contributed by atoms with Crippen molar-refractivity contribution in [1.29, 1.82) is 0 Å². The van der Waals surface area contributed by atoms with Crippen LogP contribution >= 0.6 is 23.3 Å². The van der Waals surface area contributed by atoms with Gasteiger partial charge in [-0.05, 0) is 51.1 Å². The fourth-order valence-electron chi connectivity index (χ4n) is 2.84. The van der Waals surface area contributed by atoms with Crippen molar-refractivity contribution in [2.24, 2.45) is 0 Å². The van der Waals surface area contributed by atoms with Gasteiger partial charge in [0.1, 0.15) is 11.4 Å². The number of carbonyl (C=O) groups is 1. The molecule has 2 unspecified atom stereocenters. The molecule has 0 spiro atoms. The van der Waals surface area contributed by atoms with Gasteiger partial charge in [0.05, 0.1) is 0 Å². The van der Waals surface area contributed by atoms with Crippen molar-refractivity contribution in [1.82, 2.24) is 14.7 Å². The molecule has 0 aromatic carbocycles. The van der Waals surface area contributed by atoms with Gasteiger partial charge >= 0.3 is 5.97 Å². The highest BCUT2D eigenvalue weighted by Crippen LogP contribution is 2.39. The van der Waals surface area contributed by atoms with Crippen LogP contribution in [0.5, 0.6) is 0 Å². The number of carboxylic acids is 1. The summed E-state index contributed by atoms with van der Waals surface area (Å²) in [4.78, 5) is 16.2. The molecule has 0 radical (unpaired) electrons. The molecule has 21 heavy (non-hydrogen) atoms. The SMILES string of the molecule is CCc1nsc(SC2CCCC(NC(C)C)(C(=O)O)C2)n1. The Kier molecular flexibility index (Phi) is 5.62. The first-order chi connectivity index (χ1) is 9.95. The number of aromatic nitrogens is 2. The second-order valence-corrected chi connectivity index (χ2v) is 8.15. The maximum Gasteiger partial charge on any atom is 0.323 e. The van der Waals surface area contributed by atoms with Crippen LogP contribution in [0.15, 0.2) is 4.34 Å². The van der Waals surface area contributed by atoms with E-state index in [0.717, 1.165) is 29.4 Å². The van der Waals surface area contributed by atoms with Gasteiger partial charge in [0.25, 0.3) is 0 Å². The average molecular weight is 329 g/mol. The molecule has 5 nitrogen and oxygen atoms in total. The van der Waals surface area contributed by atoms with E-state index in [1.54, 1.807) is 11.8 Å². The minimum absolute atomic E-state index is 0.165. The summed E-state index contributed by atoms with van der Waals surface area (Å²) in [6, 6.07) is 0.165. The Morgan fingerprint density at radius 2 is 2.38 bits per heavy atom. The zero-order valence-electron chi connectivity index (χ0n) is 12.8. The molecule has 1 saturated carbocycles. The van der Waals surface area contributed by atoms with Crippen molar-refractivity contribution in [3.8, 4) is 0 Å². The lowest BCUT2D eigenvalue weighted by atomic mass is 9.81.